The van der Waals surface area contributed by atoms with Gasteiger partial charge >= 0.3 is 5.97 Å². The average molecular weight is 619 g/mol. The molecular formula is C42H50O4. The van der Waals surface area contributed by atoms with Gasteiger partial charge in [0.15, 0.2) is 5.78 Å². The lowest BCUT2D eigenvalue weighted by Gasteiger charge is -2.33. The normalized spacial score (nSPS) is 13.5. The van der Waals surface area contributed by atoms with Crippen molar-refractivity contribution in [3.63, 3.8) is 0 Å². The quantitative estimate of drug-likeness (QED) is 0.0610. The first-order chi connectivity index (χ1) is 21.9. The van der Waals surface area contributed by atoms with Gasteiger partial charge in [0.25, 0.3) is 0 Å². The number of carbonyl (C=O) groups excluding carboxylic acids is 2. The van der Waals surface area contributed by atoms with E-state index < -0.39 is 11.4 Å². The summed E-state index contributed by atoms with van der Waals surface area (Å²) in [5.41, 5.74) is 5.54. The zero-order chi connectivity index (χ0) is 33.5. The lowest BCUT2D eigenvalue weighted by molar-refractivity contribution is 0.0733. The average Bonchev–Trinajstić information content (AvgIpc) is 3.05. The van der Waals surface area contributed by atoms with Crippen LogP contribution in [0.2, 0.25) is 0 Å². The zero-order valence-electron chi connectivity index (χ0n) is 28.9. The van der Waals surface area contributed by atoms with Crippen LogP contribution in [0.1, 0.15) is 122 Å². The van der Waals surface area contributed by atoms with Gasteiger partial charge in [-0.3, -0.25) is 4.79 Å². The fourth-order valence-electron chi connectivity index (χ4n) is 6.18. The molecule has 4 rings (SSSR count). The molecule has 0 bridgehead atoms. The van der Waals surface area contributed by atoms with Gasteiger partial charge < -0.3 is 9.47 Å². The third-order valence-electron chi connectivity index (χ3n) is 9.13. The molecule has 4 heteroatoms. The number of hydrogen-bond acceptors (Lipinski definition) is 4. The van der Waals surface area contributed by atoms with E-state index in [2.05, 4.69) is 90.1 Å². The maximum absolute atomic E-state index is 13.2. The Bertz CT molecular complexity index is 1650. The Kier molecular flexibility index (Phi) is 11.3. The van der Waals surface area contributed by atoms with Crippen LogP contribution in [0.4, 0.5) is 0 Å². The number of unbranched alkanes of at least 4 members (excludes halogenated alkanes) is 1. The second-order valence-electron chi connectivity index (χ2n) is 13.4. The lowest BCUT2D eigenvalue weighted by Crippen LogP contribution is -2.29. The Labute approximate surface area is 276 Å². The number of hydrogen-bond donors (Lipinski definition) is 0. The van der Waals surface area contributed by atoms with Crippen LogP contribution in [-0.2, 0) is 5.41 Å². The van der Waals surface area contributed by atoms with Crippen molar-refractivity contribution >= 4 is 11.8 Å². The van der Waals surface area contributed by atoms with Crippen LogP contribution < -0.4 is 9.47 Å². The summed E-state index contributed by atoms with van der Waals surface area (Å²) in [7, 11) is 0. The third-order valence-corrected chi connectivity index (χ3v) is 9.13. The highest BCUT2D eigenvalue weighted by Crippen LogP contribution is 2.42. The van der Waals surface area contributed by atoms with Gasteiger partial charge in [-0.25, -0.2) is 4.79 Å². The fourth-order valence-corrected chi connectivity index (χ4v) is 6.18. The van der Waals surface area contributed by atoms with Gasteiger partial charge in [0.05, 0.1) is 5.56 Å². The SMILES string of the molecule is CCCCC(C)(C)Oc1ccc(C(C)(c2ccccc2)c2ccc(OC(=O)c3cccc(C(=O)C(C)CCC)c3)c(C)c2)cc1C. The molecule has 0 fully saturated rings. The number of rotatable bonds is 14. The number of benzene rings is 4. The Morgan fingerprint density at radius 3 is 1.89 bits per heavy atom. The molecule has 4 aromatic rings. The highest BCUT2D eigenvalue weighted by Gasteiger charge is 2.32. The van der Waals surface area contributed by atoms with Crippen molar-refractivity contribution in [2.45, 2.75) is 98.5 Å². The molecule has 2 unspecified atom stereocenters. The van der Waals surface area contributed by atoms with E-state index in [1.165, 1.54) is 0 Å². The molecule has 0 aliphatic rings. The van der Waals surface area contributed by atoms with E-state index >= 15 is 0 Å². The molecule has 0 N–H and O–H groups in total. The Hall–Kier alpha value is -4.18. The molecule has 4 aromatic carbocycles. The van der Waals surface area contributed by atoms with Crippen LogP contribution in [0, 0.1) is 19.8 Å². The number of aryl methyl sites for hydroxylation is 2. The topological polar surface area (TPSA) is 52.6 Å². The van der Waals surface area contributed by atoms with Gasteiger partial charge in [-0.05, 0) is 106 Å². The van der Waals surface area contributed by atoms with Crippen LogP contribution in [-0.4, -0.2) is 17.4 Å². The molecule has 0 amide bonds. The smallest absolute Gasteiger partial charge is 0.343 e. The molecule has 0 aliphatic heterocycles. The van der Waals surface area contributed by atoms with Crippen LogP contribution in [0.3, 0.4) is 0 Å². The van der Waals surface area contributed by atoms with Crippen LogP contribution in [0.5, 0.6) is 11.5 Å². The molecule has 0 aliphatic carbocycles. The van der Waals surface area contributed by atoms with Crippen molar-refractivity contribution in [2.24, 2.45) is 5.92 Å². The zero-order valence-corrected chi connectivity index (χ0v) is 28.9. The highest BCUT2D eigenvalue weighted by atomic mass is 16.5. The molecule has 2 atom stereocenters. The summed E-state index contributed by atoms with van der Waals surface area (Å²) in [5.74, 6) is 0.883. The first-order valence-corrected chi connectivity index (χ1v) is 16.7. The minimum Gasteiger partial charge on any atom is -0.488 e. The predicted molar refractivity (Wildman–Crippen MR) is 188 cm³/mol. The molecule has 0 spiro atoms. The van der Waals surface area contributed by atoms with E-state index in [0.29, 0.717) is 16.9 Å². The Morgan fingerprint density at radius 1 is 0.696 bits per heavy atom. The maximum atomic E-state index is 13.2. The summed E-state index contributed by atoms with van der Waals surface area (Å²) < 4.78 is 12.4. The van der Waals surface area contributed by atoms with E-state index in [4.69, 9.17) is 9.47 Å². The number of esters is 1. The minimum atomic E-state index is -0.479. The maximum Gasteiger partial charge on any atom is 0.343 e. The Balaban J connectivity index is 1.64. The van der Waals surface area contributed by atoms with Gasteiger partial charge in [0, 0.05) is 16.9 Å². The summed E-state index contributed by atoms with van der Waals surface area (Å²) in [5, 5.41) is 0. The van der Waals surface area contributed by atoms with E-state index in [0.717, 1.165) is 65.7 Å². The van der Waals surface area contributed by atoms with Crippen LogP contribution in [0.15, 0.2) is 91.0 Å². The Morgan fingerprint density at radius 2 is 1.30 bits per heavy atom. The summed E-state index contributed by atoms with van der Waals surface area (Å²) >= 11 is 0. The van der Waals surface area contributed by atoms with Crippen molar-refractivity contribution in [1.29, 1.82) is 0 Å². The van der Waals surface area contributed by atoms with E-state index in [9.17, 15) is 9.59 Å². The summed E-state index contributed by atoms with van der Waals surface area (Å²) in [6.45, 7) is 16.8. The highest BCUT2D eigenvalue weighted by molar-refractivity contribution is 6.00. The van der Waals surface area contributed by atoms with Gasteiger partial charge in [0.1, 0.15) is 17.1 Å². The fraction of sp³-hybridized carbons (Fsp3) is 0.381. The van der Waals surface area contributed by atoms with Crippen molar-refractivity contribution < 1.29 is 19.1 Å². The van der Waals surface area contributed by atoms with Crippen LogP contribution in [0.25, 0.3) is 0 Å². The lowest BCUT2D eigenvalue weighted by atomic mass is 9.70. The van der Waals surface area contributed by atoms with Gasteiger partial charge in [-0.15, -0.1) is 0 Å². The van der Waals surface area contributed by atoms with E-state index in [1.54, 1.807) is 24.3 Å². The van der Waals surface area contributed by atoms with E-state index in [-0.39, 0.29) is 17.3 Å². The minimum absolute atomic E-state index is 0.0484. The molecule has 242 valence electrons. The molecule has 4 nitrogen and oxygen atoms in total. The van der Waals surface area contributed by atoms with Crippen LogP contribution >= 0.6 is 0 Å². The third kappa shape index (κ3) is 7.96. The second-order valence-corrected chi connectivity index (χ2v) is 13.4. The molecule has 0 saturated heterocycles. The number of Topliss-reactive ketones (excluding diaryl/α,β-unsaturated/α-hetero) is 1. The standard InChI is InChI=1S/C42H50O4/c1-9-11-25-41(6,7)46-38-24-22-36(27-31(38)5)42(8,34-19-13-12-14-20-34)35-21-23-37(30(4)26-35)45-40(44)33-18-15-17-32(28-33)39(43)29(3)16-10-2/h12-15,17-24,26-29H,9-11,16,25H2,1-8H3. The van der Waals surface area contributed by atoms with Crippen molar-refractivity contribution in [1.82, 2.24) is 0 Å². The van der Waals surface area contributed by atoms with Gasteiger partial charge in [0.2, 0.25) is 0 Å². The van der Waals surface area contributed by atoms with Crippen molar-refractivity contribution in [3.8, 4) is 11.5 Å². The number of ketones is 1. The molecule has 0 radical (unpaired) electrons. The predicted octanol–water partition coefficient (Wildman–Crippen LogP) is 10.8. The first-order valence-electron chi connectivity index (χ1n) is 16.7. The van der Waals surface area contributed by atoms with E-state index in [1.807, 2.05) is 32.0 Å². The monoisotopic (exact) mass is 618 g/mol. The molecule has 46 heavy (non-hydrogen) atoms. The van der Waals surface area contributed by atoms with Crippen molar-refractivity contribution in [2.75, 3.05) is 0 Å². The number of ether oxygens (including phenoxy) is 2. The van der Waals surface area contributed by atoms with Crippen molar-refractivity contribution in [3.05, 3.63) is 130 Å². The largest absolute Gasteiger partial charge is 0.488 e. The summed E-state index contributed by atoms with van der Waals surface area (Å²) in [6, 6.07) is 29.9. The first kappa shape index (κ1) is 34.7. The summed E-state index contributed by atoms with van der Waals surface area (Å²) in [6.07, 6.45) is 5.03. The summed E-state index contributed by atoms with van der Waals surface area (Å²) in [4.78, 5) is 26.1. The molecule has 0 heterocycles. The molecule has 0 aromatic heterocycles. The van der Waals surface area contributed by atoms with Gasteiger partial charge in [-0.1, -0.05) is 100 Å². The number of carbonyl (C=O) groups is 2. The van der Waals surface area contributed by atoms with Gasteiger partial charge in [-0.2, -0.15) is 0 Å². The molecular weight excluding hydrogens is 568 g/mol. The molecule has 0 saturated carbocycles. The second kappa shape index (κ2) is 14.9.